The molecular formula is C41H70N6O10S. The summed E-state index contributed by atoms with van der Waals surface area (Å²) in [5, 5.41) is 4.74. The average Bonchev–Trinajstić information content (AvgIpc) is 3.81. The number of thiophene rings is 1. The third-order valence-electron chi connectivity index (χ3n) is 9.36. The summed E-state index contributed by atoms with van der Waals surface area (Å²) in [4.78, 5) is 23.7. The normalized spacial score (nSPS) is 14.3. The monoisotopic (exact) mass is 838 g/mol. The van der Waals surface area contributed by atoms with E-state index in [1.54, 1.807) is 11.3 Å². The van der Waals surface area contributed by atoms with Gasteiger partial charge in [-0.25, -0.2) is 14.8 Å². The third-order valence-corrected chi connectivity index (χ3v) is 10.3. The van der Waals surface area contributed by atoms with Gasteiger partial charge in [0, 0.05) is 26.1 Å². The van der Waals surface area contributed by atoms with Crippen LogP contribution in [0, 0.1) is 5.92 Å². The molecule has 0 spiro atoms. The first-order valence-electron chi connectivity index (χ1n) is 21.1. The zero-order valence-corrected chi connectivity index (χ0v) is 36.3. The van der Waals surface area contributed by atoms with Crippen molar-refractivity contribution >= 4 is 44.5 Å². The predicted molar refractivity (Wildman–Crippen MR) is 226 cm³/mol. The molecule has 0 aromatic carbocycles. The zero-order chi connectivity index (χ0) is 41.3. The van der Waals surface area contributed by atoms with Gasteiger partial charge in [-0.3, -0.25) is 0 Å². The number of unbranched alkanes of at least 4 members (excludes halogenated alkanes) is 1. The number of alkyl carbamates (subject to hydrolysis) is 1. The maximum atomic E-state index is 11.5. The van der Waals surface area contributed by atoms with Crippen molar-refractivity contribution in [3.63, 3.8) is 0 Å². The van der Waals surface area contributed by atoms with Gasteiger partial charge in [0.15, 0.2) is 5.82 Å². The number of nitrogens with one attached hydrogen (secondary N) is 1. The molecular weight excluding hydrogens is 769 g/mol. The van der Waals surface area contributed by atoms with E-state index in [1.807, 2.05) is 20.8 Å². The molecule has 0 atom stereocenters. The quantitative estimate of drug-likeness (QED) is 0.0811. The molecule has 1 aliphatic rings. The number of hydrogen-bond acceptors (Lipinski definition) is 15. The molecule has 0 saturated carbocycles. The Hall–Kier alpha value is -2.71. The van der Waals surface area contributed by atoms with Crippen LogP contribution in [0.3, 0.4) is 0 Å². The van der Waals surface area contributed by atoms with E-state index in [-0.39, 0.29) is 0 Å². The molecule has 4 rings (SSSR count). The first-order valence-corrected chi connectivity index (χ1v) is 22.0. The number of hydrogen-bond donors (Lipinski definition) is 2. The Morgan fingerprint density at radius 2 is 1.31 bits per heavy atom. The molecule has 1 aliphatic heterocycles. The second kappa shape index (κ2) is 27.9. The first kappa shape index (κ1) is 48.0. The number of nitrogen functional groups attached to an aromatic ring is 1. The number of aromatic nitrogens is 3. The maximum Gasteiger partial charge on any atom is 0.407 e. The summed E-state index contributed by atoms with van der Waals surface area (Å²) in [6.45, 7) is 20.3. The number of amides is 1. The van der Waals surface area contributed by atoms with Crippen LogP contribution < -0.4 is 11.1 Å². The smallest absolute Gasteiger partial charge is 0.407 e. The summed E-state index contributed by atoms with van der Waals surface area (Å²) in [6.07, 6.45) is 5.10. The van der Waals surface area contributed by atoms with Gasteiger partial charge < -0.3 is 63.1 Å². The average molecular weight is 839 g/mol. The summed E-state index contributed by atoms with van der Waals surface area (Å²) >= 11 is 1.73. The fraction of sp³-hybridized carbons (Fsp3) is 0.780. The number of carbonyl (C=O) groups excluding carboxylic acids is 1. The minimum absolute atomic E-state index is 0.384. The van der Waals surface area contributed by atoms with Crippen molar-refractivity contribution in [1.29, 1.82) is 0 Å². The number of imidazole rings is 1. The number of anilines is 1. The lowest BCUT2D eigenvalue weighted by atomic mass is 9.96. The number of nitrogens with two attached hydrogens (primary N) is 1. The van der Waals surface area contributed by atoms with Crippen LogP contribution in [0.5, 0.6) is 0 Å². The van der Waals surface area contributed by atoms with Crippen LogP contribution in [-0.2, 0) is 55.6 Å². The Morgan fingerprint density at radius 3 is 1.83 bits per heavy atom. The van der Waals surface area contributed by atoms with Crippen LogP contribution in [-0.4, -0.2) is 163 Å². The van der Waals surface area contributed by atoms with Crippen molar-refractivity contribution in [3.8, 4) is 0 Å². The summed E-state index contributed by atoms with van der Waals surface area (Å²) in [7, 11) is 0. The summed E-state index contributed by atoms with van der Waals surface area (Å²) in [5.41, 5.74) is 8.86. The molecule has 1 amide bonds. The molecule has 58 heavy (non-hydrogen) atoms. The Balaban J connectivity index is 0.871. The van der Waals surface area contributed by atoms with E-state index in [0.29, 0.717) is 124 Å². The molecule has 0 radical (unpaired) electrons. The molecule has 3 N–H and O–H groups in total. The van der Waals surface area contributed by atoms with Crippen molar-refractivity contribution in [1.82, 2.24) is 24.8 Å². The van der Waals surface area contributed by atoms with E-state index in [1.165, 1.54) is 10.2 Å². The molecule has 4 heterocycles. The fourth-order valence-electron chi connectivity index (χ4n) is 6.41. The van der Waals surface area contributed by atoms with Gasteiger partial charge in [-0.15, -0.1) is 11.3 Å². The molecule has 330 valence electrons. The van der Waals surface area contributed by atoms with Crippen LogP contribution in [0.15, 0.2) is 11.4 Å². The van der Waals surface area contributed by atoms with Crippen molar-refractivity contribution < 1.29 is 47.4 Å². The van der Waals surface area contributed by atoms with Gasteiger partial charge in [-0.1, -0.05) is 13.3 Å². The summed E-state index contributed by atoms with van der Waals surface area (Å²) in [5.74, 6) is 2.29. The van der Waals surface area contributed by atoms with Crippen molar-refractivity contribution in [2.45, 2.75) is 71.9 Å². The highest BCUT2D eigenvalue weighted by molar-refractivity contribution is 7.18. The molecule has 17 heteroatoms. The highest BCUT2D eigenvalue weighted by Gasteiger charge is 2.24. The van der Waals surface area contributed by atoms with E-state index in [4.69, 9.17) is 53.3 Å². The van der Waals surface area contributed by atoms with Crippen molar-refractivity contribution in [3.05, 3.63) is 17.3 Å². The van der Waals surface area contributed by atoms with Crippen molar-refractivity contribution in [2.75, 3.05) is 138 Å². The zero-order valence-electron chi connectivity index (χ0n) is 35.5. The maximum absolute atomic E-state index is 11.5. The Bertz CT molecular complexity index is 1540. The van der Waals surface area contributed by atoms with Gasteiger partial charge in [0.05, 0.1) is 121 Å². The SMILES string of the molecule is CCCCc1nc2c(N)nc3ccsc3c2n1CC1CCN(CCOCCOCCOCCOCCOCCOCCOCCOCCNC(=O)OC(C)(C)C)CC1. The number of pyridine rings is 1. The van der Waals surface area contributed by atoms with Gasteiger partial charge in [0.1, 0.15) is 16.9 Å². The van der Waals surface area contributed by atoms with Gasteiger partial charge in [0.25, 0.3) is 0 Å². The predicted octanol–water partition coefficient (Wildman–Crippen LogP) is 4.94. The highest BCUT2D eigenvalue weighted by atomic mass is 32.1. The summed E-state index contributed by atoms with van der Waals surface area (Å²) in [6, 6.07) is 2.05. The molecule has 0 aliphatic carbocycles. The second-order valence-corrected chi connectivity index (χ2v) is 16.1. The van der Waals surface area contributed by atoms with E-state index in [2.05, 4.69) is 38.1 Å². The molecule has 1 fully saturated rings. The van der Waals surface area contributed by atoms with E-state index in [9.17, 15) is 4.79 Å². The van der Waals surface area contributed by atoms with Gasteiger partial charge in [-0.05, 0) is 70.5 Å². The third kappa shape index (κ3) is 18.7. The van der Waals surface area contributed by atoms with Crippen LogP contribution in [0.2, 0.25) is 0 Å². The van der Waals surface area contributed by atoms with Gasteiger partial charge in [-0.2, -0.15) is 0 Å². The topological polar surface area (TPSA) is 172 Å². The van der Waals surface area contributed by atoms with Gasteiger partial charge >= 0.3 is 6.09 Å². The van der Waals surface area contributed by atoms with Crippen LogP contribution in [0.25, 0.3) is 21.3 Å². The lowest BCUT2D eigenvalue weighted by Crippen LogP contribution is -2.37. The van der Waals surface area contributed by atoms with E-state index < -0.39 is 11.7 Å². The number of nitrogens with zero attached hydrogens (tertiary/aromatic N) is 4. The fourth-order valence-corrected chi connectivity index (χ4v) is 7.29. The molecule has 16 nitrogen and oxygen atoms in total. The Kier molecular flexibility index (Phi) is 23.1. The Labute approximate surface area is 348 Å². The number of ether oxygens (including phenoxy) is 9. The van der Waals surface area contributed by atoms with Crippen LogP contribution in [0.4, 0.5) is 10.6 Å². The Morgan fingerprint density at radius 1 is 0.793 bits per heavy atom. The molecule has 1 saturated heterocycles. The lowest BCUT2D eigenvalue weighted by Gasteiger charge is -2.32. The number of likely N-dealkylation sites (tertiary alicyclic amines) is 1. The molecule has 3 aromatic heterocycles. The van der Waals surface area contributed by atoms with Crippen LogP contribution in [0.1, 0.15) is 59.2 Å². The number of carbonyl (C=O) groups is 1. The van der Waals surface area contributed by atoms with E-state index in [0.717, 1.165) is 75.1 Å². The van der Waals surface area contributed by atoms with Crippen molar-refractivity contribution in [2.24, 2.45) is 5.92 Å². The number of aryl methyl sites for hydroxylation is 1. The number of fused-ring (bicyclic) bond motifs is 3. The number of rotatable bonds is 32. The first-order chi connectivity index (χ1) is 28.2. The highest BCUT2D eigenvalue weighted by Crippen LogP contribution is 2.34. The number of piperidine rings is 1. The second-order valence-electron chi connectivity index (χ2n) is 15.2. The van der Waals surface area contributed by atoms with Gasteiger partial charge in [0.2, 0.25) is 0 Å². The lowest BCUT2D eigenvalue weighted by molar-refractivity contribution is -0.0235. The van der Waals surface area contributed by atoms with E-state index >= 15 is 0 Å². The minimum Gasteiger partial charge on any atom is -0.444 e. The molecule has 3 aromatic rings. The summed E-state index contributed by atoms with van der Waals surface area (Å²) < 4.78 is 53.3. The largest absolute Gasteiger partial charge is 0.444 e. The standard InChI is InChI=1S/C41H70N6O10S/c1-5-6-7-35-45-36-37(38-34(10-31-58-38)44-39(36)42)47(35)32-33-8-12-46(13-9-33)14-16-50-18-20-52-22-24-54-26-28-56-30-29-55-27-25-53-23-21-51-19-17-49-15-11-43-40(48)57-41(2,3)4/h10,31,33H,5-9,11-30,32H2,1-4H3,(H2,42,44)(H,43,48). The van der Waals surface area contributed by atoms with Crippen LogP contribution >= 0.6 is 11.3 Å². The molecule has 0 unspecified atom stereocenters. The molecule has 0 bridgehead atoms. The minimum atomic E-state index is -0.512.